The van der Waals surface area contributed by atoms with E-state index in [0.717, 1.165) is 11.3 Å². The van der Waals surface area contributed by atoms with Crippen molar-refractivity contribution in [2.24, 2.45) is 0 Å². The summed E-state index contributed by atoms with van der Waals surface area (Å²) in [5, 5.41) is 16.5. The highest BCUT2D eigenvalue weighted by molar-refractivity contribution is 5.56. The molecule has 0 aliphatic rings. The lowest BCUT2D eigenvalue weighted by molar-refractivity contribution is 0.844. The molecule has 0 spiro atoms. The van der Waals surface area contributed by atoms with Crippen molar-refractivity contribution in [3.8, 4) is 11.9 Å². The molecule has 1 N–H and O–H groups in total. The van der Waals surface area contributed by atoms with Crippen LogP contribution in [0.3, 0.4) is 0 Å². The molecule has 21 heavy (non-hydrogen) atoms. The van der Waals surface area contributed by atoms with Gasteiger partial charge < -0.3 is 5.32 Å². The molecular formula is C15H12N6. The molecule has 0 amide bonds. The van der Waals surface area contributed by atoms with Crippen LogP contribution in [0.1, 0.15) is 11.1 Å². The van der Waals surface area contributed by atoms with E-state index < -0.39 is 0 Å². The van der Waals surface area contributed by atoms with E-state index in [1.54, 1.807) is 23.3 Å². The van der Waals surface area contributed by atoms with Gasteiger partial charge in [0.1, 0.15) is 12.7 Å². The molecule has 6 heteroatoms. The largest absolute Gasteiger partial charge is 0.378 e. The Morgan fingerprint density at radius 1 is 1.19 bits per heavy atom. The van der Waals surface area contributed by atoms with Gasteiger partial charge in [-0.05, 0) is 23.8 Å². The Balaban J connectivity index is 1.85. The molecule has 0 saturated carbocycles. The molecule has 0 bridgehead atoms. The van der Waals surface area contributed by atoms with E-state index in [9.17, 15) is 0 Å². The van der Waals surface area contributed by atoms with E-state index in [2.05, 4.69) is 26.5 Å². The Kier molecular flexibility index (Phi) is 3.56. The topological polar surface area (TPSA) is 79.4 Å². The summed E-state index contributed by atoms with van der Waals surface area (Å²) in [4.78, 5) is 8.24. The Bertz CT molecular complexity index is 773. The fraction of sp³-hybridized carbons (Fsp3) is 0.0667. The third kappa shape index (κ3) is 2.72. The summed E-state index contributed by atoms with van der Waals surface area (Å²) >= 11 is 0. The van der Waals surface area contributed by atoms with Gasteiger partial charge in [-0.2, -0.15) is 10.4 Å². The number of hydrogen-bond acceptors (Lipinski definition) is 5. The molecule has 1 aromatic carbocycles. The van der Waals surface area contributed by atoms with Crippen LogP contribution in [0.25, 0.3) is 5.82 Å². The van der Waals surface area contributed by atoms with Gasteiger partial charge in [0.05, 0.1) is 17.3 Å². The number of benzene rings is 1. The molecule has 0 unspecified atom stereocenters. The van der Waals surface area contributed by atoms with Gasteiger partial charge >= 0.3 is 0 Å². The van der Waals surface area contributed by atoms with E-state index >= 15 is 0 Å². The maximum absolute atomic E-state index is 9.11. The molecule has 0 atom stereocenters. The SMILES string of the molecule is N#Cc1ccccc1CNc1cccnc1-n1cncn1. The van der Waals surface area contributed by atoms with Crippen LogP contribution < -0.4 is 5.32 Å². The van der Waals surface area contributed by atoms with Gasteiger partial charge in [0, 0.05) is 12.7 Å². The Morgan fingerprint density at radius 3 is 2.90 bits per heavy atom. The minimum absolute atomic E-state index is 0.539. The predicted molar refractivity (Wildman–Crippen MR) is 77.6 cm³/mol. The maximum atomic E-state index is 9.11. The number of nitrogens with zero attached hydrogens (tertiary/aromatic N) is 5. The summed E-state index contributed by atoms with van der Waals surface area (Å²) in [5.74, 6) is 0.671. The monoisotopic (exact) mass is 276 g/mol. The Labute approximate surface area is 121 Å². The summed E-state index contributed by atoms with van der Waals surface area (Å²) in [5.41, 5.74) is 2.43. The number of nitriles is 1. The van der Waals surface area contributed by atoms with Gasteiger partial charge in [0.15, 0.2) is 5.82 Å². The van der Waals surface area contributed by atoms with Gasteiger partial charge in [-0.1, -0.05) is 18.2 Å². The minimum atomic E-state index is 0.539. The van der Waals surface area contributed by atoms with Crippen LogP contribution in [0, 0.1) is 11.3 Å². The molecule has 2 aromatic heterocycles. The van der Waals surface area contributed by atoms with Crippen molar-refractivity contribution in [1.82, 2.24) is 19.7 Å². The normalized spacial score (nSPS) is 10.0. The fourth-order valence-electron chi connectivity index (χ4n) is 2.01. The molecule has 0 aliphatic carbocycles. The third-order valence-corrected chi connectivity index (χ3v) is 3.03. The molecule has 0 radical (unpaired) electrons. The lowest BCUT2D eigenvalue weighted by Crippen LogP contribution is -2.07. The van der Waals surface area contributed by atoms with Gasteiger partial charge in [-0.15, -0.1) is 0 Å². The molecular weight excluding hydrogens is 264 g/mol. The lowest BCUT2D eigenvalue weighted by Gasteiger charge is -2.11. The zero-order chi connectivity index (χ0) is 14.5. The van der Waals surface area contributed by atoms with E-state index in [0.29, 0.717) is 17.9 Å². The quantitative estimate of drug-likeness (QED) is 0.789. The summed E-state index contributed by atoms with van der Waals surface area (Å²) in [6, 6.07) is 13.5. The summed E-state index contributed by atoms with van der Waals surface area (Å²) in [7, 11) is 0. The first-order valence-electron chi connectivity index (χ1n) is 6.40. The molecule has 102 valence electrons. The van der Waals surface area contributed by atoms with Crippen LogP contribution in [-0.4, -0.2) is 19.7 Å². The van der Waals surface area contributed by atoms with Crippen LogP contribution in [0.4, 0.5) is 5.69 Å². The molecule has 0 saturated heterocycles. The van der Waals surface area contributed by atoms with Crippen LogP contribution in [0.2, 0.25) is 0 Å². The summed E-state index contributed by atoms with van der Waals surface area (Å²) in [6.07, 6.45) is 4.76. The number of aromatic nitrogens is 4. The van der Waals surface area contributed by atoms with Crippen LogP contribution in [-0.2, 0) is 6.54 Å². The predicted octanol–water partition coefficient (Wildman–Crippen LogP) is 2.15. The zero-order valence-electron chi connectivity index (χ0n) is 11.1. The fourth-order valence-corrected chi connectivity index (χ4v) is 2.01. The second-order valence-electron chi connectivity index (χ2n) is 4.34. The molecule has 3 rings (SSSR count). The van der Waals surface area contributed by atoms with Crippen LogP contribution >= 0.6 is 0 Å². The van der Waals surface area contributed by atoms with Crippen molar-refractivity contribution < 1.29 is 0 Å². The molecule has 0 aliphatic heterocycles. The standard InChI is InChI=1S/C15H12N6/c16-8-12-4-1-2-5-13(12)9-19-14-6-3-7-18-15(14)21-11-17-10-20-21/h1-7,10-11,19H,9H2. The van der Waals surface area contributed by atoms with Crippen molar-refractivity contribution >= 4 is 5.69 Å². The van der Waals surface area contributed by atoms with Crippen molar-refractivity contribution in [2.75, 3.05) is 5.32 Å². The third-order valence-electron chi connectivity index (χ3n) is 3.03. The number of pyridine rings is 1. The van der Waals surface area contributed by atoms with E-state index in [-0.39, 0.29) is 0 Å². The van der Waals surface area contributed by atoms with Gasteiger partial charge in [-0.25, -0.2) is 14.6 Å². The van der Waals surface area contributed by atoms with Crippen LogP contribution in [0.15, 0.2) is 55.2 Å². The lowest BCUT2D eigenvalue weighted by atomic mass is 10.1. The Morgan fingerprint density at radius 2 is 2.10 bits per heavy atom. The number of rotatable bonds is 4. The molecule has 2 heterocycles. The van der Waals surface area contributed by atoms with Gasteiger partial charge in [-0.3, -0.25) is 0 Å². The van der Waals surface area contributed by atoms with Crippen molar-refractivity contribution in [3.63, 3.8) is 0 Å². The average Bonchev–Trinajstić information content (AvgIpc) is 3.08. The first-order valence-corrected chi connectivity index (χ1v) is 6.40. The first-order chi connectivity index (χ1) is 10.4. The second kappa shape index (κ2) is 5.84. The number of nitrogens with one attached hydrogen (secondary N) is 1. The van der Waals surface area contributed by atoms with Crippen LogP contribution in [0.5, 0.6) is 0 Å². The number of hydrogen-bond donors (Lipinski definition) is 1. The summed E-state index contributed by atoms with van der Waals surface area (Å²) in [6.45, 7) is 0.539. The van der Waals surface area contributed by atoms with E-state index in [1.807, 2.05) is 30.3 Å². The highest BCUT2D eigenvalue weighted by Gasteiger charge is 2.07. The van der Waals surface area contributed by atoms with Crippen molar-refractivity contribution in [3.05, 3.63) is 66.4 Å². The van der Waals surface area contributed by atoms with E-state index in [4.69, 9.17) is 5.26 Å². The maximum Gasteiger partial charge on any atom is 0.178 e. The molecule has 0 fully saturated rings. The molecule has 3 aromatic rings. The molecule has 6 nitrogen and oxygen atoms in total. The average molecular weight is 276 g/mol. The van der Waals surface area contributed by atoms with Crippen molar-refractivity contribution in [1.29, 1.82) is 5.26 Å². The number of anilines is 1. The highest BCUT2D eigenvalue weighted by atomic mass is 15.3. The first kappa shape index (κ1) is 12.8. The van der Waals surface area contributed by atoms with Crippen molar-refractivity contribution in [2.45, 2.75) is 6.54 Å². The van der Waals surface area contributed by atoms with Gasteiger partial charge in [0.25, 0.3) is 0 Å². The smallest absolute Gasteiger partial charge is 0.178 e. The highest BCUT2D eigenvalue weighted by Crippen LogP contribution is 2.17. The minimum Gasteiger partial charge on any atom is -0.378 e. The van der Waals surface area contributed by atoms with E-state index in [1.165, 1.54) is 6.33 Å². The Hall–Kier alpha value is -3.20. The zero-order valence-corrected chi connectivity index (χ0v) is 11.1. The van der Waals surface area contributed by atoms with Gasteiger partial charge in [0.2, 0.25) is 0 Å². The second-order valence-corrected chi connectivity index (χ2v) is 4.34. The summed E-state index contributed by atoms with van der Waals surface area (Å²) < 4.78 is 1.60.